The molecule has 10 nitrogen and oxygen atoms in total. The van der Waals surface area contributed by atoms with Gasteiger partial charge in [0, 0.05) is 16.5 Å². The molecule has 0 fully saturated rings. The number of hydrogen-bond donors (Lipinski definition) is 1. The summed E-state index contributed by atoms with van der Waals surface area (Å²) in [6, 6.07) is 16.9. The van der Waals surface area contributed by atoms with E-state index in [9.17, 15) is 19.2 Å². The Labute approximate surface area is 221 Å². The monoisotopic (exact) mass is 526 g/mol. The number of hydrogen-bond acceptors (Lipinski definition) is 8. The van der Waals surface area contributed by atoms with Crippen LogP contribution in [0.5, 0.6) is 5.75 Å². The van der Waals surface area contributed by atoms with Gasteiger partial charge in [0.1, 0.15) is 12.4 Å². The molecule has 10 heteroatoms. The highest BCUT2D eigenvalue weighted by Crippen LogP contribution is 2.41. The second kappa shape index (κ2) is 9.09. The molecule has 196 valence electrons. The highest BCUT2D eigenvalue weighted by molar-refractivity contribution is 5.89. The first kappa shape index (κ1) is 24.4. The second-order valence-electron chi connectivity index (χ2n) is 9.35. The molecule has 0 saturated carbocycles. The van der Waals surface area contributed by atoms with Crippen molar-refractivity contribution in [3.63, 3.8) is 0 Å². The number of cyclic esters (lactones) is 1. The first-order chi connectivity index (χ1) is 18.8. The molecule has 4 heterocycles. The number of aromatic carboxylic acids is 1. The van der Waals surface area contributed by atoms with Crippen LogP contribution in [0.4, 0.5) is 0 Å². The topological polar surface area (TPSA) is 134 Å². The van der Waals surface area contributed by atoms with Crippen molar-refractivity contribution >= 4 is 28.8 Å². The number of nitrogens with zero attached hydrogens (tertiary/aromatic N) is 2. The molecule has 2 aromatic carbocycles. The number of ether oxygens (including phenoxy) is 3. The van der Waals surface area contributed by atoms with Crippen molar-refractivity contribution in [3.8, 4) is 17.1 Å². The predicted molar refractivity (Wildman–Crippen MR) is 137 cm³/mol. The van der Waals surface area contributed by atoms with Gasteiger partial charge in [0.05, 0.1) is 34.6 Å². The Kier molecular flexibility index (Phi) is 5.67. The van der Waals surface area contributed by atoms with Crippen LogP contribution in [0.15, 0.2) is 65.5 Å². The highest BCUT2D eigenvalue weighted by atomic mass is 16.6. The number of carboxylic acids is 1. The van der Waals surface area contributed by atoms with Crippen molar-refractivity contribution in [2.45, 2.75) is 32.1 Å². The Morgan fingerprint density at radius 1 is 1.10 bits per heavy atom. The molecule has 4 aromatic rings. The van der Waals surface area contributed by atoms with E-state index in [0.717, 1.165) is 16.5 Å². The lowest BCUT2D eigenvalue weighted by molar-refractivity contribution is -0.190. The number of pyridine rings is 2. The maximum Gasteiger partial charge on any atom is 0.355 e. The molecule has 0 amide bonds. The summed E-state index contributed by atoms with van der Waals surface area (Å²) < 4.78 is 18.1. The zero-order chi connectivity index (χ0) is 27.3. The van der Waals surface area contributed by atoms with Gasteiger partial charge in [-0.2, -0.15) is 0 Å². The first-order valence-corrected chi connectivity index (χ1v) is 12.3. The maximum atomic E-state index is 13.6. The van der Waals surface area contributed by atoms with E-state index in [1.807, 2.05) is 30.3 Å². The van der Waals surface area contributed by atoms with Gasteiger partial charge < -0.3 is 23.9 Å². The van der Waals surface area contributed by atoms with E-state index in [0.29, 0.717) is 17.9 Å². The number of carbonyl (C=O) groups excluding carboxylic acids is 2. The molecular weight excluding hydrogens is 504 g/mol. The summed E-state index contributed by atoms with van der Waals surface area (Å²) in [5, 5.41) is 9.98. The third-order valence-corrected chi connectivity index (χ3v) is 7.13. The molecule has 39 heavy (non-hydrogen) atoms. The summed E-state index contributed by atoms with van der Waals surface area (Å²) in [5.41, 5.74) is 1.25. The number of benzene rings is 2. The average molecular weight is 527 g/mol. The quantitative estimate of drug-likeness (QED) is 0.330. The van der Waals surface area contributed by atoms with Crippen molar-refractivity contribution in [2.75, 3.05) is 6.61 Å². The number of esters is 2. The van der Waals surface area contributed by atoms with Crippen LogP contribution in [0.25, 0.3) is 22.3 Å². The van der Waals surface area contributed by atoms with E-state index >= 15 is 0 Å². The zero-order valence-corrected chi connectivity index (χ0v) is 20.8. The summed E-state index contributed by atoms with van der Waals surface area (Å²) in [7, 11) is 0. The van der Waals surface area contributed by atoms with Gasteiger partial charge >= 0.3 is 17.9 Å². The zero-order valence-electron chi connectivity index (χ0n) is 20.8. The second-order valence-corrected chi connectivity index (χ2v) is 9.35. The van der Waals surface area contributed by atoms with Gasteiger partial charge in [0.25, 0.3) is 5.56 Å². The van der Waals surface area contributed by atoms with Crippen LogP contribution in [-0.2, 0) is 37.8 Å². The molecule has 1 atom stereocenters. The number of carbonyl (C=O) groups is 3. The van der Waals surface area contributed by atoms with Gasteiger partial charge in [-0.15, -0.1) is 0 Å². The van der Waals surface area contributed by atoms with Crippen LogP contribution in [0.1, 0.15) is 40.4 Å². The van der Waals surface area contributed by atoms with Crippen molar-refractivity contribution < 1.29 is 33.7 Å². The summed E-state index contributed by atoms with van der Waals surface area (Å²) >= 11 is 0. The van der Waals surface area contributed by atoms with E-state index < -0.39 is 30.1 Å². The molecule has 2 aliphatic heterocycles. The lowest BCUT2D eigenvalue weighted by Gasteiger charge is -2.35. The Morgan fingerprint density at radius 3 is 2.62 bits per heavy atom. The maximum absolute atomic E-state index is 13.6. The third kappa shape index (κ3) is 3.92. The highest BCUT2D eigenvalue weighted by Gasteiger charge is 2.50. The SMILES string of the molecule is CCC1(OC(=O)COc2ccc(C(=O)O)cc2)C(=O)OCc2c1cc1n(c2=O)Cc2cc3ccccc3nc2-1. The third-order valence-electron chi connectivity index (χ3n) is 7.13. The van der Waals surface area contributed by atoms with Gasteiger partial charge in [0.15, 0.2) is 6.61 Å². The van der Waals surface area contributed by atoms with Crippen LogP contribution in [0.3, 0.4) is 0 Å². The minimum Gasteiger partial charge on any atom is -0.482 e. The summed E-state index contributed by atoms with van der Waals surface area (Å²) in [6.45, 7) is 1.22. The van der Waals surface area contributed by atoms with Gasteiger partial charge in [-0.3, -0.25) is 4.79 Å². The van der Waals surface area contributed by atoms with Crippen molar-refractivity contribution in [1.29, 1.82) is 0 Å². The van der Waals surface area contributed by atoms with Crippen LogP contribution in [0, 0.1) is 0 Å². The normalized spacial score (nSPS) is 17.1. The molecule has 0 radical (unpaired) electrons. The van der Waals surface area contributed by atoms with E-state index in [1.54, 1.807) is 17.6 Å². The lowest BCUT2D eigenvalue weighted by Crippen LogP contribution is -2.48. The number of carboxylic acid groups (broad SMARTS) is 1. The first-order valence-electron chi connectivity index (χ1n) is 12.3. The Bertz CT molecular complexity index is 1740. The van der Waals surface area contributed by atoms with Crippen LogP contribution in [-0.4, -0.2) is 39.2 Å². The standard InChI is InChI=1S/C29H22N2O8/c1-2-29(39-24(32)15-37-19-9-7-16(8-10-19)27(34)35)21-12-23-25-18(11-17-5-3-4-6-22(17)30-25)13-31(23)26(33)20(21)14-38-28(29)36/h3-12H,2,13-15H2,1H3,(H,34,35). The number of fused-ring (bicyclic) bond motifs is 5. The van der Waals surface area contributed by atoms with Crippen molar-refractivity contribution in [2.24, 2.45) is 0 Å². The van der Waals surface area contributed by atoms with Gasteiger partial charge in [-0.25, -0.2) is 19.4 Å². The predicted octanol–water partition coefficient (Wildman–Crippen LogP) is 3.41. The molecule has 6 rings (SSSR count). The van der Waals surface area contributed by atoms with E-state index in [-0.39, 0.29) is 41.0 Å². The number of rotatable bonds is 6. The fourth-order valence-corrected chi connectivity index (χ4v) is 5.14. The molecule has 0 saturated heterocycles. The molecule has 0 aliphatic carbocycles. The van der Waals surface area contributed by atoms with E-state index in [4.69, 9.17) is 24.3 Å². The van der Waals surface area contributed by atoms with Crippen LogP contribution < -0.4 is 10.3 Å². The van der Waals surface area contributed by atoms with Gasteiger partial charge in [-0.05, 0) is 48.9 Å². The van der Waals surface area contributed by atoms with Crippen molar-refractivity contribution in [1.82, 2.24) is 9.55 Å². The van der Waals surface area contributed by atoms with Crippen molar-refractivity contribution in [3.05, 3.63) is 93.3 Å². The van der Waals surface area contributed by atoms with Crippen LogP contribution in [0.2, 0.25) is 0 Å². The molecule has 0 bridgehead atoms. The number of para-hydroxylation sites is 1. The molecule has 0 spiro atoms. The van der Waals surface area contributed by atoms with E-state index in [1.165, 1.54) is 24.3 Å². The van der Waals surface area contributed by atoms with E-state index in [2.05, 4.69) is 0 Å². The van der Waals surface area contributed by atoms with Gasteiger partial charge in [-0.1, -0.05) is 25.1 Å². The number of aromatic nitrogens is 2. The fourth-order valence-electron chi connectivity index (χ4n) is 5.14. The molecular formula is C29H22N2O8. The Morgan fingerprint density at radius 2 is 1.87 bits per heavy atom. The largest absolute Gasteiger partial charge is 0.482 e. The minimum absolute atomic E-state index is 0.0266. The molecule has 1 N–H and O–H groups in total. The summed E-state index contributed by atoms with van der Waals surface area (Å²) in [6.07, 6.45) is 0.0266. The smallest absolute Gasteiger partial charge is 0.355 e. The van der Waals surface area contributed by atoms with Gasteiger partial charge in [0.2, 0.25) is 5.60 Å². The Hall–Kier alpha value is -4.99. The minimum atomic E-state index is -1.84. The fraction of sp³-hybridized carbons (Fsp3) is 0.207. The van der Waals surface area contributed by atoms with Crippen LogP contribution >= 0.6 is 0 Å². The lowest BCUT2D eigenvalue weighted by atomic mass is 9.85. The molecule has 2 aliphatic rings. The summed E-state index contributed by atoms with van der Waals surface area (Å²) in [4.78, 5) is 55.4. The summed E-state index contributed by atoms with van der Waals surface area (Å²) in [5.74, 6) is -2.46. The Balaban J connectivity index is 1.35. The average Bonchev–Trinajstić information content (AvgIpc) is 3.30. The molecule has 2 aromatic heterocycles. The molecule has 1 unspecified atom stereocenters.